The zero-order chi connectivity index (χ0) is 13.1. The van der Waals surface area contributed by atoms with Crippen LogP contribution in [-0.4, -0.2) is 27.4 Å². The van der Waals surface area contributed by atoms with Crippen molar-refractivity contribution in [3.05, 3.63) is 47.9 Å². The number of aliphatic hydroxyl groups is 1. The molecule has 0 aliphatic rings. The first-order valence-electron chi connectivity index (χ1n) is 5.43. The Hall–Kier alpha value is -2.14. The molecule has 0 aliphatic heterocycles. The van der Waals surface area contributed by atoms with Crippen molar-refractivity contribution in [1.82, 2.24) is 4.57 Å². The maximum absolute atomic E-state index is 12.8. The molecule has 0 spiro atoms. The molecule has 1 heterocycles. The highest BCUT2D eigenvalue weighted by Gasteiger charge is 2.14. The van der Waals surface area contributed by atoms with Gasteiger partial charge in [-0.15, -0.1) is 0 Å². The molecule has 0 saturated carbocycles. The van der Waals surface area contributed by atoms with Crippen molar-refractivity contribution in [3.8, 4) is 11.3 Å². The standard InChI is InChI=1S/C13H12FNO3/c14-10-3-1-9(2-4-10)11-5-6-12(13(17)18)15(11)7-8-16/h1-6,16H,7-8H2,(H,17,18). The molecule has 2 aromatic rings. The topological polar surface area (TPSA) is 62.5 Å². The lowest BCUT2D eigenvalue weighted by Gasteiger charge is -2.10. The average molecular weight is 249 g/mol. The van der Waals surface area contributed by atoms with Gasteiger partial charge in [0.25, 0.3) is 0 Å². The van der Waals surface area contributed by atoms with Gasteiger partial charge in [0.05, 0.1) is 6.61 Å². The van der Waals surface area contributed by atoms with Gasteiger partial charge in [0.2, 0.25) is 0 Å². The molecule has 18 heavy (non-hydrogen) atoms. The molecule has 0 saturated heterocycles. The summed E-state index contributed by atoms with van der Waals surface area (Å²) in [4.78, 5) is 11.0. The number of rotatable bonds is 4. The molecule has 2 N–H and O–H groups in total. The van der Waals surface area contributed by atoms with Crippen molar-refractivity contribution in [3.63, 3.8) is 0 Å². The van der Waals surface area contributed by atoms with Gasteiger partial charge in [-0.3, -0.25) is 0 Å². The summed E-state index contributed by atoms with van der Waals surface area (Å²) in [5, 5.41) is 18.0. The molecule has 0 radical (unpaired) electrons. The van der Waals surface area contributed by atoms with E-state index in [1.807, 2.05) is 0 Å². The molecule has 0 amide bonds. The van der Waals surface area contributed by atoms with E-state index < -0.39 is 5.97 Å². The molecule has 0 aliphatic carbocycles. The smallest absolute Gasteiger partial charge is 0.352 e. The highest BCUT2D eigenvalue weighted by atomic mass is 19.1. The maximum Gasteiger partial charge on any atom is 0.352 e. The van der Waals surface area contributed by atoms with Crippen LogP contribution in [-0.2, 0) is 6.54 Å². The first-order chi connectivity index (χ1) is 8.63. The second kappa shape index (κ2) is 5.01. The van der Waals surface area contributed by atoms with Crippen LogP contribution in [0.3, 0.4) is 0 Å². The van der Waals surface area contributed by atoms with Crippen LogP contribution in [0.1, 0.15) is 10.5 Å². The summed E-state index contributed by atoms with van der Waals surface area (Å²) in [7, 11) is 0. The highest BCUT2D eigenvalue weighted by Crippen LogP contribution is 2.23. The average Bonchev–Trinajstić information content (AvgIpc) is 2.74. The van der Waals surface area contributed by atoms with Crippen LogP contribution in [0.4, 0.5) is 4.39 Å². The number of aromatic carboxylic acids is 1. The Morgan fingerprint density at radius 2 is 1.83 bits per heavy atom. The molecule has 0 unspecified atom stereocenters. The fraction of sp³-hybridized carbons (Fsp3) is 0.154. The van der Waals surface area contributed by atoms with Crippen LogP contribution in [0.15, 0.2) is 36.4 Å². The minimum Gasteiger partial charge on any atom is -0.477 e. The lowest BCUT2D eigenvalue weighted by atomic mass is 10.1. The Bertz CT molecular complexity index is 560. The number of hydrogen-bond donors (Lipinski definition) is 2. The Kier molecular flexibility index (Phi) is 3.43. The quantitative estimate of drug-likeness (QED) is 0.871. The van der Waals surface area contributed by atoms with Crippen LogP contribution in [0, 0.1) is 5.82 Å². The lowest BCUT2D eigenvalue weighted by molar-refractivity contribution is 0.0684. The molecular weight excluding hydrogens is 237 g/mol. The molecule has 0 fully saturated rings. The molecule has 0 bridgehead atoms. The van der Waals surface area contributed by atoms with Crippen molar-refractivity contribution >= 4 is 5.97 Å². The second-order valence-electron chi connectivity index (χ2n) is 3.79. The Morgan fingerprint density at radius 3 is 2.39 bits per heavy atom. The third-order valence-electron chi connectivity index (χ3n) is 2.66. The number of carboxylic acids is 1. The van der Waals surface area contributed by atoms with Gasteiger partial charge < -0.3 is 14.8 Å². The second-order valence-corrected chi connectivity index (χ2v) is 3.79. The van der Waals surface area contributed by atoms with Crippen molar-refractivity contribution < 1.29 is 19.4 Å². The minimum atomic E-state index is -1.06. The monoisotopic (exact) mass is 249 g/mol. The van der Waals surface area contributed by atoms with Gasteiger partial charge in [-0.25, -0.2) is 9.18 Å². The van der Waals surface area contributed by atoms with Crippen molar-refractivity contribution in [2.75, 3.05) is 6.61 Å². The summed E-state index contributed by atoms with van der Waals surface area (Å²) < 4.78 is 14.3. The Balaban J connectivity index is 2.50. The molecular formula is C13H12FNO3. The van der Waals surface area contributed by atoms with E-state index >= 15 is 0 Å². The van der Waals surface area contributed by atoms with Gasteiger partial charge in [0, 0.05) is 12.2 Å². The molecule has 2 rings (SSSR count). The number of nitrogens with zero attached hydrogens (tertiary/aromatic N) is 1. The summed E-state index contributed by atoms with van der Waals surface area (Å²) in [5.41, 5.74) is 1.45. The third kappa shape index (κ3) is 2.26. The molecule has 94 valence electrons. The number of aromatic nitrogens is 1. The number of halogens is 1. The summed E-state index contributed by atoms with van der Waals surface area (Å²) in [5.74, 6) is -1.41. The number of carbonyl (C=O) groups is 1. The van der Waals surface area contributed by atoms with E-state index in [0.29, 0.717) is 11.3 Å². The summed E-state index contributed by atoms with van der Waals surface area (Å²) in [6.45, 7) is 0.0184. The van der Waals surface area contributed by atoms with E-state index in [4.69, 9.17) is 10.2 Å². The van der Waals surface area contributed by atoms with Gasteiger partial charge in [-0.1, -0.05) is 0 Å². The Morgan fingerprint density at radius 1 is 1.17 bits per heavy atom. The predicted molar refractivity (Wildman–Crippen MR) is 63.9 cm³/mol. The third-order valence-corrected chi connectivity index (χ3v) is 2.66. The van der Waals surface area contributed by atoms with Gasteiger partial charge in [0.1, 0.15) is 11.5 Å². The van der Waals surface area contributed by atoms with E-state index in [1.54, 1.807) is 18.2 Å². The van der Waals surface area contributed by atoms with E-state index in [1.165, 1.54) is 22.8 Å². The molecule has 1 aromatic carbocycles. The number of carboxylic acid groups (broad SMARTS) is 1. The van der Waals surface area contributed by atoms with E-state index in [9.17, 15) is 9.18 Å². The van der Waals surface area contributed by atoms with E-state index in [2.05, 4.69) is 0 Å². The maximum atomic E-state index is 12.8. The van der Waals surface area contributed by atoms with Crippen LogP contribution >= 0.6 is 0 Å². The van der Waals surface area contributed by atoms with Crippen LogP contribution in [0.2, 0.25) is 0 Å². The molecule has 1 aromatic heterocycles. The summed E-state index contributed by atoms with van der Waals surface area (Å²) in [6, 6.07) is 8.88. The number of benzene rings is 1. The summed E-state index contributed by atoms with van der Waals surface area (Å²) >= 11 is 0. The van der Waals surface area contributed by atoms with Gasteiger partial charge in [0.15, 0.2) is 0 Å². The van der Waals surface area contributed by atoms with Crippen molar-refractivity contribution in [2.45, 2.75) is 6.54 Å². The predicted octanol–water partition coefficient (Wildman–Crippen LogP) is 1.98. The number of aliphatic hydroxyl groups excluding tert-OH is 1. The van der Waals surface area contributed by atoms with Gasteiger partial charge >= 0.3 is 5.97 Å². The largest absolute Gasteiger partial charge is 0.477 e. The van der Waals surface area contributed by atoms with Crippen LogP contribution in [0.5, 0.6) is 0 Å². The molecule has 0 atom stereocenters. The van der Waals surface area contributed by atoms with Gasteiger partial charge in [-0.2, -0.15) is 0 Å². The minimum absolute atomic E-state index is 0.100. The van der Waals surface area contributed by atoms with Crippen LogP contribution < -0.4 is 0 Å². The zero-order valence-corrected chi connectivity index (χ0v) is 9.51. The van der Waals surface area contributed by atoms with Crippen molar-refractivity contribution in [1.29, 1.82) is 0 Å². The fourth-order valence-corrected chi connectivity index (χ4v) is 1.87. The number of hydrogen-bond acceptors (Lipinski definition) is 2. The first kappa shape index (κ1) is 12.3. The van der Waals surface area contributed by atoms with Crippen molar-refractivity contribution in [2.24, 2.45) is 0 Å². The molecule has 4 nitrogen and oxygen atoms in total. The fourth-order valence-electron chi connectivity index (χ4n) is 1.87. The van der Waals surface area contributed by atoms with E-state index in [-0.39, 0.29) is 24.7 Å². The molecule has 5 heteroatoms. The Labute approximate surface area is 103 Å². The zero-order valence-electron chi connectivity index (χ0n) is 9.51. The van der Waals surface area contributed by atoms with Crippen LogP contribution in [0.25, 0.3) is 11.3 Å². The first-order valence-corrected chi connectivity index (χ1v) is 5.43. The van der Waals surface area contributed by atoms with Gasteiger partial charge in [-0.05, 0) is 42.0 Å². The lowest BCUT2D eigenvalue weighted by Crippen LogP contribution is -2.11. The van der Waals surface area contributed by atoms with E-state index in [0.717, 1.165) is 0 Å². The normalized spacial score (nSPS) is 10.6. The highest BCUT2D eigenvalue weighted by molar-refractivity contribution is 5.87. The SMILES string of the molecule is O=C(O)c1ccc(-c2ccc(F)cc2)n1CCO. The summed E-state index contributed by atoms with van der Waals surface area (Å²) in [6.07, 6.45) is 0.